The normalized spacial score (nSPS) is 9.90. The van der Waals surface area contributed by atoms with E-state index in [0.29, 0.717) is 44.0 Å². The SMILES string of the molecule is COc1c(N)ccc(-c2ccc(N)c(OC)c2Cl)c1Cl.Cl. The molecule has 0 aliphatic heterocycles. The Morgan fingerprint density at radius 1 is 0.762 bits per heavy atom. The quantitative estimate of drug-likeness (QED) is 0.812. The zero-order chi connectivity index (χ0) is 14.9. The molecule has 0 radical (unpaired) electrons. The van der Waals surface area contributed by atoms with Crippen LogP contribution in [0.15, 0.2) is 24.3 Å². The number of benzene rings is 2. The Morgan fingerprint density at radius 2 is 1.10 bits per heavy atom. The van der Waals surface area contributed by atoms with Crippen molar-refractivity contribution in [2.45, 2.75) is 0 Å². The molecule has 0 unspecified atom stereocenters. The highest BCUT2D eigenvalue weighted by Gasteiger charge is 2.17. The van der Waals surface area contributed by atoms with Crippen LogP contribution in [0.1, 0.15) is 0 Å². The van der Waals surface area contributed by atoms with Gasteiger partial charge in [0.05, 0.1) is 35.6 Å². The highest BCUT2D eigenvalue weighted by molar-refractivity contribution is 6.38. The second-order valence-electron chi connectivity index (χ2n) is 4.10. The first-order valence-corrected chi connectivity index (χ1v) is 6.51. The molecule has 114 valence electrons. The second kappa shape index (κ2) is 6.98. The van der Waals surface area contributed by atoms with Crippen LogP contribution in [-0.2, 0) is 0 Å². The largest absolute Gasteiger partial charge is 0.493 e. The van der Waals surface area contributed by atoms with E-state index in [-0.39, 0.29) is 12.4 Å². The minimum absolute atomic E-state index is 0. The summed E-state index contributed by atoms with van der Waals surface area (Å²) >= 11 is 12.6. The van der Waals surface area contributed by atoms with Gasteiger partial charge in [0, 0.05) is 11.1 Å². The number of ether oxygens (including phenoxy) is 2. The van der Waals surface area contributed by atoms with Gasteiger partial charge in [-0.15, -0.1) is 12.4 Å². The lowest BCUT2D eigenvalue weighted by Crippen LogP contribution is -1.97. The lowest BCUT2D eigenvalue weighted by atomic mass is 10.0. The summed E-state index contributed by atoms with van der Waals surface area (Å²) in [5, 5.41) is 0.780. The number of hydrogen-bond donors (Lipinski definition) is 2. The fourth-order valence-corrected chi connectivity index (χ4v) is 2.68. The molecule has 21 heavy (non-hydrogen) atoms. The predicted molar refractivity (Wildman–Crippen MR) is 91.1 cm³/mol. The number of methoxy groups -OCH3 is 2. The first kappa shape index (κ1) is 17.6. The van der Waals surface area contributed by atoms with Crippen molar-refractivity contribution in [1.29, 1.82) is 0 Å². The molecule has 2 rings (SSSR count). The Hall–Kier alpha value is -1.49. The van der Waals surface area contributed by atoms with Crippen molar-refractivity contribution in [2.24, 2.45) is 0 Å². The van der Waals surface area contributed by atoms with E-state index in [1.807, 2.05) is 0 Å². The van der Waals surface area contributed by atoms with Gasteiger partial charge in [0.25, 0.3) is 0 Å². The number of hydrogen-bond acceptors (Lipinski definition) is 4. The van der Waals surface area contributed by atoms with Crippen LogP contribution in [0.3, 0.4) is 0 Å². The van der Waals surface area contributed by atoms with E-state index in [1.165, 1.54) is 14.2 Å². The first-order valence-electron chi connectivity index (χ1n) is 5.75. The summed E-state index contributed by atoms with van der Waals surface area (Å²) in [6, 6.07) is 6.96. The molecular weight excluding hydrogens is 335 g/mol. The number of anilines is 2. The molecule has 0 bridgehead atoms. The van der Waals surface area contributed by atoms with Gasteiger partial charge in [-0.1, -0.05) is 35.3 Å². The van der Waals surface area contributed by atoms with Crippen LogP contribution in [0.2, 0.25) is 10.0 Å². The molecule has 0 heterocycles. The summed E-state index contributed by atoms with van der Waals surface area (Å²) in [7, 11) is 3.01. The predicted octanol–water partition coefficient (Wildman–Crippen LogP) is 4.26. The van der Waals surface area contributed by atoms with Crippen molar-refractivity contribution in [2.75, 3.05) is 25.7 Å². The van der Waals surface area contributed by atoms with E-state index in [4.69, 9.17) is 44.1 Å². The van der Waals surface area contributed by atoms with Crippen molar-refractivity contribution in [1.82, 2.24) is 0 Å². The van der Waals surface area contributed by atoms with E-state index in [0.717, 1.165) is 0 Å². The number of nitrogen functional groups attached to an aromatic ring is 2. The van der Waals surface area contributed by atoms with E-state index in [1.54, 1.807) is 24.3 Å². The van der Waals surface area contributed by atoms with Gasteiger partial charge in [-0.25, -0.2) is 0 Å². The van der Waals surface area contributed by atoms with Crippen LogP contribution in [-0.4, -0.2) is 14.2 Å². The third-order valence-electron chi connectivity index (χ3n) is 2.95. The maximum Gasteiger partial charge on any atom is 0.160 e. The highest BCUT2D eigenvalue weighted by atomic mass is 35.5. The molecule has 0 saturated carbocycles. The Morgan fingerprint density at radius 3 is 1.38 bits per heavy atom. The van der Waals surface area contributed by atoms with Crippen LogP contribution < -0.4 is 20.9 Å². The standard InChI is InChI=1S/C14H14Cl2N2O2.ClH/c1-19-13-9(17)5-3-7(11(13)15)8-4-6-10(18)14(20-2)12(8)16;/h3-6H,17-18H2,1-2H3;1H. The summed E-state index contributed by atoms with van der Waals surface area (Å²) < 4.78 is 10.4. The Labute approximate surface area is 139 Å². The zero-order valence-electron chi connectivity index (χ0n) is 11.4. The molecule has 2 aromatic rings. The molecular formula is C14H15Cl3N2O2. The molecule has 0 aliphatic carbocycles. The maximum absolute atomic E-state index is 6.32. The van der Waals surface area contributed by atoms with Gasteiger partial charge >= 0.3 is 0 Å². The molecule has 0 amide bonds. The molecule has 0 aliphatic rings. The summed E-state index contributed by atoms with van der Waals surface area (Å²) in [6.45, 7) is 0. The molecule has 2 aromatic carbocycles. The molecule has 0 spiro atoms. The van der Waals surface area contributed by atoms with Crippen molar-refractivity contribution >= 4 is 47.0 Å². The topological polar surface area (TPSA) is 70.5 Å². The van der Waals surface area contributed by atoms with E-state index < -0.39 is 0 Å². The van der Waals surface area contributed by atoms with E-state index >= 15 is 0 Å². The summed E-state index contributed by atoms with van der Waals surface area (Å²) in [5.41, 5.74) is 13.9. The molecule has 0 aromatic heterocycles. The third-order valence-corrected chi connectivity index (χ3v) is 3.70. The average Bonchev–Trinajstić information content (AvgIpc) is 2.41. The summed E-state index contributed by atoms with van der Waals surface area (Å²) in [6.07, 6.45) is 0. The fraction of sp³-hybridized carbons (Fsp3) is 0.143. The Bertz CT molecular complexity index is 606. The van der Waals surface area contributed by atoms with Gasteiger partial charge in [-0.2, -0.15) is 0 Å². The fourth-order valence-electron chi connectivity index (χ4n) is 1.97. The molecule has 4 nitrogen and oxygen atoms in total. The average molecular weight is 350 g/mol. The van der Waals surface area contributed by atoms with Crippen molar-refractivity contribution in [3.05, 3.63) is 34.3 Å². The van der Waals surface area contributed by atoms with Gasteiger partial charge in [-0.3, -0.25) is 0 Å². The van der Waals surface area contributed by atoms with Crippen molar-refractivity contribution < 1.29 is 9.47 Å². The van der Waals surface area contributed by atoms with Gasteiger partial charge in [0.15, 0.2) is 11.5 Å². The van der Waals surface area contributed by atoms with Gasteiger partial charge < -0.3 is 20.9 Å². The minimum Gasteiger partial charge on any atom is -0.493 e. The van der Waals surface area contributed by atoms with Crippen LogP contribution in [0.25, 0.3) is 11.1 Å². The number of rotatable bonds is 3. The Kier molecular flexibility index (Phi) is 5.84. The smallest absolute Gasteiger partial charge is 0.160 e. The summed E-state index contributed by atoms with van der Waals surface area (Å²) in [5.74, 6) is 0.826. The third kappa shape index (κ3) is 3.07. The van der Waals surface area contributed by atoms with Crippen LogP contribution in [0.4, 0.5) is 11.4 Å². The molecule has 0 fully saturated rings. The first-order chi connectivity index (χ1) is 9.51. The zero-order valence-corrected chi connectivity index (χ0v) is 13.8. The van der Waals surface area contributed by atoms with E-state index in [9.17, 15) is 0 Å². The van der Waals surface area contributed by atoms with Gasteiger partial charge in [-0.05, 0) is 12.1 Å². The number of nitrogens with two attached hydrogens (primary N) is 2. The lowest BCUT2D eigenvalue weighted by molar-refractivity contribution is 0.416. The van der Waals surface area contributed by atoms with Gasteiger partial charge in [0.2, 0.25) is 0 Å². The minimum atomic E-state index is 0. The van der Waals surface area contributed by atoms with Crippen molar-refractivity contribution in [3.8, 4) is 22.6 Å². The van der Waals surface area contributed by atoms with Crippen LogP contribution in [0, 0.1) is 0 Å². The van der Waals surface area contributed by atoms with Crippen molar-refractivity contribution in [3.63, 3.8) is 0 Å². The highest BCUT2D eigenvalue weighted by Crippen LogP contribution is 2.45. The lowest BCUT2D eigenvalue weighted by Gasteiger charge is -2.15. The van der Waals surface area contributed by atoms with Crippen LogP contribution in [0.5, 0.6) is 11.5 Å². The molecule has 7 heteroatoms. The molecule has 0 saturated heterocycles. The second-order valence-corrected chi connectivity index (χ2v) is 4.86. The summed E-state index contributed by atoms with van der Waals surface area (Å²) in [4.78, 5) is 0. The van der Waals surface area contributed by atoms with Crippen LogP contribution >= 0.6 is 35.6 Å². The van der Waals surface area contributed by atoms with Gasteiger partial charge in [0.1, 0.15) is 0 Å². The molecule has 4 N–H and O–H groups in total. The monoisotopic (exact) mass is 348 g/mol. The number of halogens is 3. The van der Waals surface area contributed by atoms with E-state index in [2.05, 4.69) is 0 Å². The Balaban J connectivity index is 0.00000220. The maximum atomic E-state index is 6.32. The molecule has 0 atom stereocenters.